The van der Waals surface area contributed by atoms with Gasteiger partial charge in [0.1, 0.15) is 5.82 Å². The molecule has 1 atom stereocenters. The van der Waals surface area contributed by atoms with Crippen molar-refractivity contribution >= 4 is 39.0 Å². The van der Waals surface area contributed by atoms with Crippen LogP contribution in [0.3, 0.4) is 0 Å². The van der Waals surface area contributed by atoms with Crippen LogP contribution in [-0.4, -0.2) is 47.9 Å². The van der Waals surface area contributed by atoms with Crippen molar-refractivity contribution in [2.24, 2.45) is 0 Å². The Hall–Kier alpha value is -2.44. The predicted octanol–water partition coefficient (Wildman–Crippen LogP) is 4.03. The number of nitrogens with zero attached hydrogens (tertiary/aromatic N) is 3. The van der Waals surface area contributed by atoms with E-state index in [2.05, 4.69) is 51.5 Å². The highest BCUT2D eigenvalue weighted by atomic mass is 32.1. The van der Waals surface area contributed by atoms with E-state index in [0.29, 0.717) is 0 Å². The first kappa shape index (κ1) is 18.3. The second kappa shape index (κ2) is 7.36. The van der Waals surface area contributed by atoms with Crippen molar-refractivity contribution in [2.75, 3.05) is 42.9 Å². The summed E-state index contributed by atoms with van der Waals surface area (Å²) < 4.78 is 6.00. The zero-order valence-corrected chi connectivity index (χ0v) is 17.9. The van der Waals surface area contributed by atoms with E-state index in [1.54, 1.807) is 11.5 Å². The number of nitrogens with one attached hydrogen (secondary N) is 1. The summed E-state index contributed by atoms with van der Waals surface area (Å²) >= 11 is 1.60. The zero-order chi connectivity index (χ0) is 20.1. The summed E-state index contributed by atoms with van der Waals surface area (Å²) in [5, 5.41) is 4.37. The topological polar surface area (TPSA) is 48.5 Å². The van der Waals surface area contributed by atoms with E-state index in [4.69, 9.17) is 4.37 Å². The van der Waals surface area contributed by atoms with Gasteiger partial charge in [0.2, 0.25) is 5.91 Å². The van der Waals surface area contributed by atoms with E-state index in [1.807, 2.05) is 0 Å². The molecule has 0 bridgehead atoms. The van der Waals surface area contributed by atoms with Crippen molar-refractivity contribution in [1.82, 2.24) is 9.27 Å². The van der Waals surface area contributed by atoms with Crippen LogP contribution in [0, 0.1) is 0 Å². The predicted molar refractivity (Wildman–Crippen MR) is 123 cm³/mol. The highest BCUT2D eigenvalue weighted by Crippen LogP contribution is 2.43. The van der Waals surface area contributed by atoms with Crippen LogP contribution >= 0.6 is 11.5 Å². The Balaban J connectivity index is 1.12. The molecule has 1 aliphatic carbocycles. The minimum atomic E-state index is 0.0974. The third-order valence-electron chi connectivity index (χ3n) is 7.02. The largest absolute Gasteiger partial charge is 0.353 e. The number of hydrogen-bond donors (Lipinski definition) is 1. The molecule has 1 aromatic heterocycles. The molecule has 6 rings (SSSR count). The summed E-state index contributed by atoms with van der Waals surface area (Å²) in [4.78, 5) is 17.3. The zero-order valence-electron chi connectivity index (χ0n) is 17.1. The highest BCUT2D eigenvalue weighted by Gasteiger charge is 2.35. The third-order valence-corrected chi connectivity index (χ3v) is 7.84. The SMILES string of the molecule is O=C1Nc2ccc(CCN3CCN(c4nsc5ccccc45)CC3)c3c2C1CCC3. The first-order chi connectivity index (χ1) is 14.8. The van der Waals surface area contributed by atoms with Gasteiger partial charge in [-0.3, -0.25) is 9.69 Å². The number of aromatic nitrogens is 1. The van der Waals surface area contributed by atoms with E-state index >= 15 is 0 Å². The van der Waals surface area contributed by atoms with Crippen LogP contribution in [0.2, 0.25) is 0 Å². The van der Waals surface area contributed by atoms with E-state index in [1.165, 1.54) is 26.8 Å². The van der Waals surface area contributed by atoms with Crippen molar-refractivity contribution in [3.63, 3.8) is 0 Å². The first-order valence-corrected chi connectivity index (χ1v) is 11.8. The van der Waals surface area contributed by atoms with Crippen LogP contribution in [0.4, 0.5) is 11.5 Å². The highest BCUT2D eigenvalue weighted by molar-refractivity contribution is 7.13. The summed E-state index contributed by atoms with van der Waals surface area (Å²) in [7, 11) is 0. The van der Waals surface area contributed by atoms with Gasteiger partial charge in [0.15, 0.2) is 0 Å². The van der Waals surface area contributed by atoms with Crippen LogP contribution in [-0.2, 0) is 17.6 Å². The van der Waals surface area contributed by atoms with Crippen molar-refractivity contribution in [3.8, 4) is 0 Å². The molecule has 2 aromatic carbocycles. The lowest BCUT2D eigenvalue weighted by Crippen LogP contribution is -2.47. The van der Waals surface area contributed by atoms with E-state index in [9.17, 15) is 4.79 Å². The molecule has 1 fully saturated rings. The van der Waals surface area contributed by atoms with Gasteiger partial charge >= 0.3 is 0 Å². The van der Waals surface area contributed by atoms with Gasteiger partial charge in [-0.25, -0.2) is 0 Å². The Morgan fingerprint density at radius 2 is 1.97 bits per heavy atom. The fourth-order valence-electron chi connectivity index (χ4n) is 5.42. The molecule has 0 radical (unpaired) electrons. The number of amides is 1. The number of piperazine rings is 1. The van der Waals surface area contributed by atoms with E-state index in [0.717, 1.165) is 69.9 Å². The molecule has 1 unspecified atom stereocenters. The molecule has 2 aliphatic heterocycles. The summed E-state index contributed by atoms with van der Waals surface area (Å²) in [5.41, 5.74) is 5.27. The quantitative estimate of drug-likeness (QED) is 0.695. The monoisotopic (exact) mass is 418 g/mol. The molecule has 1 amide bonds. The van der Waals surface area contributed by atoms with Crippen LogP contribution < -0.4 is 10.2 Å². The standard InChI is InChI=1S/C24H26N4OS/c29-24-19-6-3-5-17-16(8-9-20(25-24)22(17)19)10-11-27-12-14-28(15-13-27)23-18-4-1-2-7-21(18)30-26-23/h1-2,4,7-9,19H,3,5-6,10-15H2,(H,25,29). The minimum absolute atomic E-state index is 0.0974. The summed E-state index contributed by atoms with van der Waals surface area (Å²) in [6, 6.07) is 12.9. The second-order valence-electron chi connectivity index (χ2n) is 8.68. The fraction of sp³-hybridized carbons (Fsp3) is 0.417. The molecule has 3 heterocycles. The minimum Gasteiger partial charge on any atom is -0.353 e. The van der Waals surface area contributed by atoms with Gasteiger partial charge in [0, 0.05) is 43.8 Å². The Kier molecular flexibility index (Phi) is 4.50. The lowest BCUT2D eigenvalue weighted by Gasteiger charge is -2.35. The Morgan fingerprint density at radius 1 is 1.10 bits per heavy atom. The van der Waals surface area contributed by atoms with Crippen molar-refractivity contribution in [1.29, 1.82) is 0 Å². The van der Waals surface area contributed by atoms with E-state index < -0.39 is 0 Å². The maximum absolute atomic E-state index is 12.2. The smallest absolute Gasteiger partial charge is 0.232 e. The summed E-state index contributed by atoms with van der Waals surface area (Å²) in [5.74, 6) is 1.45. The molecular formula is C24H26N4OS. The van der Waals surface area contributed by atoms with Gasteiger partial charge in [-0.05, 0) is 72.1 Å². The number of fused-ring (bicyclic) bond motifs is 1. The van der Waals surface area contributed by atoms with Crippen LogP contribution in [0.5, 0.6) is 0 Å². The van der Waals surface area contributed by atoms with Crippen LogP contribution in [0.1, 0.15) is 35.4 Å². The summed E-state index contributed by atoms with van der Waals surface area (Å²) in [6.45, 7) is 5.31. The maximum Gasteiger partial charge on any atom is 0.232 e. The van der Waals surface area contributed by atoms with Gasteiger partial charge in [0.05, 0.1) is 10.6 Å². The molecule has 6 heteroatoms. The Labute approximate surface area is 180 Å². The maximum atomic E-state index is 12.2. The van der Waals surface area contributed by atoms with Gasteiger partial charge < -0.3 is 10.2 Å². The van der Waals surface area contributed by atoms with Crippen molar-refractivity contribution in [2.45, 2.75) is 31.6 Å². The van der Waals surface area contributed by atoms with Crippen molar-refractivity contribution < 1.29 is 4.79 Å². The molecule has 0 spiro atoms. The Morgan fingerprint density at radius 3 is 2.87 bits per heavy atom. The molecule has 30 heavy (non-hydrogen) atoms. The molecule has 5 nitrogen and oxygen atoms in total. The molecule has 1 saturated heterocycles. The number of rotatable bonds is 4. The molecule has 1 N–H and O–H groups in total. The van der Waals surface area contributed by atoms with Crippen LogP contribution in [0.25, 0.3) is 10.1 Å². The van der Waals surface area contributed by atoms with Gasteiger partial charge in [-0.15, -0.1) is 0 Å². The molecule has 154 valence electrons. The lowest BCUT2D eigenvalue weighted by atomic mass is 9.81. The van der Waals surface area contributed by atoms with Gasteiger partial charge in [0.25, 0.3) is 0 Å². The fourth-order valence-corrected chi connectivity index (χ4v) is 6.21. The molecule has 3 aromatic rings. The average Bonchev–Trinajstić information content (AvgIpc) is 3.36. The molecule has 3 aliphatic rings. The van der Waals surface area contributed by atoms with Gasteiger partial charge in [-0.2, -0.15) is 4.37 Å². The van der Waals surface area contributed by atoms with Crippen LogP contribution in [0.15, 0.2) is 36.4 Å². The summed E-state index contributed by atoms with van der Waals surface area (Å²) in [6.07, 6.45) is 4.32. The Bertz CT molecular complexity index is 1120. The normalized spacial score (nSPS) is 21.1. The molecule has 0 saturated carbocycles. The first-order valence-electron chi connectivity index (χ1n) is 11.0. The number of carbonyl (C=O) groups is 1. The average molecular weight is 419 g/mol. The number of anilines is 2. The van der Waals surface area contributed by atoms with Gasteiger partial charge in [-0.1, -0.05) is 18.2 Å². The van der Waals surface area contributed by atoms with E-state index in [-0.39, 0.29) is 11.8 Å². The lowest BCUT2D eigenvalue weighted by molar-refractivity contribution is -0.117. The number of carbonyl (C=O) groups excluding carboxylic acids is 1. The number of hydrogen-bond acceptors (Lipinski definition) is 5. The molecular weight excluding hydrogens is 392 g/mol. The second-order valence-corrected chi connectivity index (χ2v) is 9.48. The number of benzene rings is 2. The van der Waals surface area contributed by atoms with Crippen molar-refractivity contribution in [3.05, 3.63) is 53.1 Å². The third kappa shape index (κ3) is 3.01.